The van der Waals surface area contributed by atoms with E-state index in [2.05, 4.69) is 20.4 Å². The van der Waals surface area contributed by atoms with Crippen LogP contribution in [0, 0.1) is 6.92 Å². The van der Waals surface area contributed by atoms with Gasteiger partial charge in [0.15, 0.2) is 12.4 Å². The number of piperazine rings is 1. The molecule has 1 aromatic heterocycles. The Hall–Kier alpha value is -3.46. The second-order valence-corrected chi connectivity index (χ2v) is 7.69. The Morgan fingerprint density at radius 1 is 0.938 bits per heavy atom. The fourth-order valence-corrected chi connectivity index (χ4v) is 3.58. The van der Waals surface area contributed by atoms with E-state index in [9.17, 15) is 4.79 Å². The van der Waals surface area contributed by atoms with Crippen molar-refractivity contribution in [3.8, 4) is 17.2 Å². The van der Waals surface area contributed by atoms with Crippen LogP contribution in [0.1, 0.15) is 18.3 Å². The van der Waals surface area contributed by atoms with Gasteiger partial charge in [-0.2, -0.15) is 4.68 Å². The minimum atomic E-state index is 0.00412. The molecule has 1 fully saturated rings. The Morgan fingerprint density at radius 2 is 1.59 bits per heavy atom. The maximum atomic E-state index is 12.5. The first kappa shape index (κ1) is 21.8. The SMILES string of the molecule is CCOc1ccc(-n2nnnc2CN2CCN(C(=O)COc3ccc(C)cc3)CC2)cc1. The van der Waals surface area contributed by atoms with Crippen molar-refractivity contribution < 1.29 is 14.3 Å². The number of hydrogen-bond acceptors (Lipinski definition) is 7. The molecule has 0 atom stereocenters. The number of benzene rings is 2. The lowest BCUT2D eigenvalue weighted by atomic mass is 10.2. The summed E-state index contributed by atoms with van der Waals surface area (Å²) in [5.41, 5.74) is 2.05. The van der Waals surface area contributed by atoms with E-state index in [1.807, 2.05) is 67.3 Å². The highest BCUT2D eigenvalue weighted by Crippen LogP contribution is 2.17. The van der Waals surface area contributed by atoms with E-state index in [0.717, 1.165) is 35.9 Å². The standard InChI is InChI=1S/C23H28N6O3/c1-3-31-20-10-6-19(7-11-20)29-22(24-25-26-29)16-27-12-14-28(15-13-27)23(30)17-32-21-8-4-18(2)5-9-21/h4-11H,3,12-17H2,1-2H3. The van der Waals surface area contributed by atoms with Crippen LogP contribution in [-0.4, -0.2) is 75.3 Å². The molecule has 168 valence electrons. The van der Waals surface area contributed by atoms with Crippen LogP contribution in [-0.2, 0) is 11.3 Å². The van der Waals surface area contributed by atoms with Gasteiger partial charge in [-0.05, 0) is 60.7 Å². The number of ether oxygens (including phenoxy) is 2. The topological polar surface area (TPSA) is 85.6 Å². The van der Waals surface area contributed by atoms with E-state index in [4.69, 9.17) is 9.47 Å². The van der Waals surface area contributed by atoms with Gasteiger partial charge < -0.3 is 14.4 Å². The zero-order valence-corrected chi connectivity index (χ0v) is 18.5. The molecule has 0 bridgehead atoms. The highest BCUT2D eigenvalue weighted by molar-refractivity contribution is 5.77. The van der Waals surface area contributed by atoms with Crippen LogP contribution >= 0.6 is 0 Å². The van der Waals surface area contributed by atoms with Crippen LogP contribution in [0.5, 0.6) is 11.5 Å². The maximum absolute atomic E-state index is 12.5. The minimum Gasteiger partial charge on any atom is -0.494 e. The average molecular weight is 437 g/mol. The predicted octanol–water partition coefficient (Wildman–Crippen LogP) is 2.09. The molecule has 32 heavy (non-hydrogen) atoms. The van der Waals surface area contributed by atoms with Crippen molar-refractivity contribution in [3.05, 3.63) is 59.9 Å². The molecule has 0 saturated carbocycles. The van der Waals surface area contributed by atoms with Gasteiger partial charge in [0.2, 0.25) is 0 Å². The second-order valence-electron chi connectivity index (χ2n) is 7.69. The number of hydrogen-bond donors (Lipinski definition) is 0. The molecule has 1 saturated heterocycles. The lowest BCUT2D eigenvalue weighted by Gasteiger charge is -2.34. The van der Waals surface area contributed by atoms with Crippen LogP contribution in [0.15, 0.2) is 48.5 Å². The molecule has 9 nitrogen and oxygen atoms in total. The molecule has 0 N–H and O–H groups in total. The molecule has 0 unspecified atom stereocenters. The number of aromatic nitrogens is 4. The Balaban J connectivity index is 1.27. The van der Waals surface area contributed by atoms with Crippen LogP contribution in [0.2, 0.25) is 0 Å². The number of tetrazole rings is 1. The average Bonchev–Trinajstić information content (AvgIpc) is 3.28. The van der Waals surface area contributed by atoms with Crippen LogP contribution < -0.4 is 9.47 Å². The molecule has 3 aromatic rings. The zero-order chi connectivity index (χ0) is 22.3. The molecule has 0 radical (unpaired) electrons. The normalized spacial score (nSPS) is 14.4. The number of aryl methyl sites for hydroxylation is 1. The molecule has 2 aromatic carbocycles. The summed E-state index contributed by atoms with van der Waals surface area (Å²) in [5.74, 6) is 2.29. The van der Waals surface area contributed by atoms with Crippen molar-refractivity contribution >= 4 is 5.91 Å². The van der Waals surface area contributed by atoms with Gasteiger partial charge in [0.05, 0.1) is 18.8 Å². The Bertz CT molecular complexity index is 1010. The van der Waals surface area contributed by atoms with Crippen molar-refractivity contribution in [1.82, 2.24) is 30.0 Å². The van der Waals surface area contributed by atoms with E-state index in [1.165, 1.54) is 0 Å². The number of amides is 1. The molecule has 0 spiro atoms. The van der Waals surface area contributed by atoms with Crippen molar-refractivity contribution in [1.29, 1.82) is 0 Å². The Labute approximate surface area is 187 Å². The minimum absolute atomic E-state index is 0.00412. The third-order valence-corrected chi connectivity index (χ3v) is 5.40. The lowest BCUT2D eigenvalue weighted by molar-refractivity contribution is -0.135. The van der Waals surface area contributed by atoms with Gasteiger partial charge in [-0.3, -0.25) is 9.69 Å². The summed E-state index contributed by atoms with van der Waals surface area (Å²) in [6, 6.07) is 15.4. The summed E-state index contributed by atoms with van der Waals surface area (Å²) in [7, 11) is 0. The van der Waals surface area contributed by atoms with Gasteiger partial charge >= 0.3 is 0 Å². The molecular weight excluding hydrogens is 408 g/mol. The van der Waals surface area contributed by atoms with E-state index in [-0.39, 0.29) is 12.5 Å². The highest BCUT2D eigenvalue weighted by atomic mass is 16.5. The molecule has 1 aliphatic rings. The smallest absolute Gasteiger partial charge is 0.260 e. The maximum Gasteiger partial charge on any atom is 0.260 e. The number of rotatable bonds is 8. The van der Waals surface area contributed by atoms with Crippen LogP contribution in [0.3, 0.4) is 0 Å². The monoisotopic (exact) mass is 436 g/mol. The Kier molecular flexibility index (Phi) is 6.96. The summed E-state index contributed by atoms with van der Waals surface area (Å²) in [5, 5.41) is 12.2. The molecule has 1 aliphatic heterocycles. The summed E-state index contributed by atoms with van der Waals surface area (Å²) >= 11 is 0. The zero-order valence-electron chi connectivity index (χ0n) is 18.5. The predicted molar refractivity (Wildman–Crippen MR) is 119 cm³/mol. The largest absolute Gasteiger partial charge is 0.494 e. The van der Waals surface area contributed by atoms with Gasteiger partial charge in [-0.25, -0.2) is 0 Å². The van der Waals surface area contributed by atoms with E-state index < -0.39 is 0 Å². The van der Waals surface area contributed by atoms with Crippen LogP contribution in [0.25, 0.3) is 5.69 Å². The molecule has 9 heteroatoms. The van der Waals surface area contributed by atoms with Gasteiger partial charge in [0.25, 0.3) is 5.91 Å². The summed E-state index contributed by atoms with van der Waals surface area (Å²) in [6.45, 7) is 8.09. The first-order chi connectivity index (χ1) is 15.6. The third kappa shape index (κ3) is 5.42. The number of nitrogens with zero attached hydrogens (tertiary/aromatic N) is 6. The molecular formula is C23H28N6O3. The van der Waals surface area contributed by atoms with E-state index in [1.54, 1.807) is 4.68 Å². The summed E-state index contributed by atoms with van der Waals surface area (Å²) in [6.07, 6.45) is 0. The number of carbonyl (C=O) groups is 1. The second kappa shape index (κ2) is 10.2. The first-order valence-electron chi connectivity index (χ1n) is 10.8. The quantitative estimate of drug-likeness (QED) is 0.534. The molecule has 4 rings (SSSR count). The summed E-state index contributed by atoms with van der Waals surface area (Å²) < 4.78 is 12.9. The summed E-state index contributed by atoms with van der Waals surface area (Å²) in [4.78, 5) is 16.6. The van der Waals surface area contributed by atoms with E-state index in [0.29, 0.717) is 32.0 Å². The van der Waals surface area contributed by atoms with Gasteiger partial charge in [-0.1, -0.05) is 17.7 Å². The van der Waals surface area contributed by atoms with Crippen molar-refractivity contribution in [2.75, 3.05) is 39.4 Å². The van der Waals surface area contributed by atoms with Crippen LogP contribution in [0.4, 0.5) is 0 Å². The van der Waals surface area contributed by atoms with Gasteiger partial charge in [0.1, 0.15) is 11.5 Å². The van der Waals surface area contributed by atoms with Crippen molar-refractivity contribution in [2.45, 2.75) is 20.4 Å². The van der Waals surface area contributed by atoms with E-state index >= 15 is 0 Å². The third-order valence-electron chi connectivity index (χ3n) is 5.40. The first-order valence-corrected chi connectivity index (χ1v) is 10.8. The lowest BCUT2D eigenvalue weighted by Crippen LogP contribution is -2.49. The van der Waals surface area contributed by atoms with Gasteiger partial charge in [0, 0.05) is 26.2 Å². The van der Waals surface area contributed by atoms with Crippen molar-refractivity contribution in [2.24, 2.45) is 0 Å². The molecule has 2 heterocycles. The molecule has 0 aliphatic carbocycles. The fraction of sp³-hybridized carbons (Fsp3) is 0.391. The highest BCUT2D eigenvalue weighted by Gasteiger charge is 2.23. The number of carbonyl (C=O) groups excluding carboxylic acids is 1. The molecule has 1 amide bonds. The van der Waals surface area contributed by atoms with Gasteiger partial charge in [-0.15, -0.1) is 5.10 Å². The fourth-order valence-electron chi connectivity index (χ4n) is 3.58. The van der Waals surface area contributed by atoms with Crippen molar-refractivity contribution in [3.63, 3.8) is 0 Å². The Morgan fingerprint density at radius 3 is 2.28 bits per heavy atom.